The summed E-state index contributed by atoms with van der Waals surface area (Å²) < 4.78 is 29.6. The summed E-state index contributed by atoms with van der Waals surface area (Å²) in [5.41, 5.74) is 0. The Bertz CT molecular complexity index is 465. The van der Waals surface area contributed by atoms with Gasteiger partial charge in [0.1, 0.15) is 25.4 Å². The Morgan fingerprint density at radius 2 is 1.60 bits per heavy atom. The number of ether oxygens (including phenoxy) is 6. The van der Waals surface area contributed by atoms with Gasteiger partial charge in [0.2, 0.25) is 0 Å². The second-order valence-corrected chi connectivity index (χ2v) is 4.82. The molecule has 142 valence electrons. The van der Waals surface area contributed by atoms with Crippen LogP contribution in [0, 0.1) is 0 Å². The number of carbonyl (C=O) groups is 2. The normalized spacial score (nSPS) is 28.5. The quantitative estimate of drug-likeness (QED) is 0.454. The summed E-state index contributed by atoms with van der Waals surface area (Å²) in [7, 11) is 1.24. The first-order valence-electron chi connectivity index (χ1n) is 7.34. The molecule has 0 bridgehead atoms. The van der Waals surface area contributed by atoms with Gasteiger partial charge in [-0.3, -0.25) is 0 Å². The first-order valence-corrected chi connectivity index (χ1v) is 7.34. The Kier molecular flexibility index (Phi) is 8.92. The zero-order chi connectivity index (χ0) is 18.8. The molecule has 1 fully saturated rings. The fourth-order valence-electron chi connectivity index (χ4n) is 2.06. The molecule has 1 aliphatic rings. The van der Waals surface area contributed by atoms with Crippen LogP contribution < -0.4 is 0 Å². The van der Waals surface area contributed by atoms with E-state index in [0.29, 0.717) is 0 Å². The van der Waals surface area contributed by atoms with Crippen LogP contribution in [0.1, 0.15) is 0 Å². The van der Waals surface area contributed by atoms with Gasteiger partial charge in [-0.15, -0.1) is 0 Å². The maximum Gasteiger partial charge on any atom is 0.509 e. The van der Waals surface area contributed by atoms with Gasteiger partial charge in [0, 0.05) is 7.11 Å². The molecular formula is C15H22O10. The minimum atomic E-state index is -1.51. The highest BCUT2D eigenvalue weighted by molar-refractivity contribution is 5.61. The molecule has 0 aromatic heterocycles. The molecule has 0 unspecified atom stereocenters. The van der Waals surface area contributed by atoms with Crippen molar-refractivity contribution in [2.24, 2.45) is 0 Å². The largest absolute Gasteiger partial charge is 0.509 e. The summed E-state index contributed by atoms with van der Waals surface area (Å²) >= 11 is 0. The molecule has 0 spiro atoms. The van der Waals surface area contributed by atoms with Crippen molar-refractivity contribution in [2.45, 2.75) is 30.7 Å². The number of hydrogen-bond acceptors (Lipinski definition) is 10. The van der Waals surface area contributed by atoms with E-state index in [-0.39, 0.29) is 13.2 Å². The lowest BCUT2D eigenvalue weighted by atomic mass is 9.99. The van der Waals surface area contributed by atoms with E-state index >= 15 is 0 Å². The zero-order valence-electron chi connectivity index (χ0n) is 13.7. The van der Waals surface area contributed by atoms with E-state index in [1.807, 2.05) is 0 Å². The molecule has 10 heteroatoms. The molecule has 5 atom stereocenters. The molecule has 1 rings (SSSR count). The predicted molar refractivity (Wildman–Crippen MR) is 81.6 cm³/mol. The summed E-state index contributed by atoms with van der Waals surface area (Å²) in [4.78, 5) is 23.3. The van der Waals surface area contributed by atoms with Crippen molar-refractivity contribution in [3.63, 3.8) is 0 Å². The third-order valence-electron chi connectivity index (χ3n) is 3.13. The molecule has 1 saturated heterocycles. The molecule has 10 nitrogen and oxygen atoms in total. The van der Waals surface area contributed by atoms with Gasteiger partial charge in [-0.2, -0.15) is 0 Å². The van der Waals surface area contributed by atoms with Crippen LogP contribution in [0.3, 0.4) is 0 Å². The van der Waals surface area contributed by atoms with E-state index in [4.69, 9.17) is 18.9 Å². The van der Waals surface area contributed by atoms with Crippen LogP contribution in [0.5, 0.6) is 0 Å². The average Bonchev–Trinajstić information content (AvgIpc) is 2.61. The molecule has 1 heterocycles. The summed E-state index contributed by atoms with van der Waals surface area (Å²) in [5, 5.41) is 19.7. The van der Waals surface area contributed by atoms with E-state index in [0.717, 1.165) is 0 Å². The smallest absolute Gasteiger partial charge is 0.430 e. The second kappa shape index (κ2) is 10.7. The Morgan fingerprint density at radius 1 is 1.08 bits per heavy atom. The lowest BCUT2D eigenvalue weighted by Crippen LogP contribution is -2.61. The minimum Gasteiger partial charge on any atom is -0.430 e. The summed E-state index contributed by atoms with van der Waals surface area (Å²) in [6.07, 6.45) is -6.28. The third-order valence-corrected chi connectivity index (χ3v) is 3.13. The monoisotopic (exact) mass is 362 g/mol. The molecule has 0 radical (unpaired) electrons. The van der Waals surface area contributed by atoms with E-state index in [1.165, 1.54) is 19.3 Å². The molecule has 25 heavy (non-hydrogen) atoms. The average molecular weight is 362 g/mol. The topological polar surface area (TPSA) is 130 Å². The molecular weight excluding hydrogens is 340 g/mol. The molecule has 0 aliphatic carbocycles. The van der Waals surface area contributed by atoms with Crippen LogP contribution in [-0.2, 0) is 28.4 Å². The van der Waals surface area contributed by atoms with Gasteiger partial charge in [-0.1, -0.05) is 25.3 Å². The van der Waals surface area contributed by atoms with Crippen LogP contribution in [0.4, 0.5) is 9.59 Å². The van der Waals surface area contributed by atoms with E-state index in [9.17, 15) is 19.8 Å². The van der Waals surface area contributed by atoms with Gasteiger partial charge in [0.15, 0.2) is 18.5 Å². The lowest BCUT2D eigenvalue weighted by Gasteiger charge is -2.41. The Balaban J connectivity index is 2.92. The van der Waals surface area contributed by atoms with Crippen LogP contribution in [-0.4, -0.2) is 80.2 Å². The van der Waals surface area contributed by atoms with E-state index in [1.54, 1.807) is 0 Å². The summed E-state index contributed by atoms with van der Waals surface area (Å²) in [6, 6.07) is 0. The van der Waals surface area contributed by atoms with Crippen molar-refractivity contribution >= 4 is 12.3 Å². The Morgan fingerprint density at radius 3 is 2.04 bits per heavy atom. The van der Waals surface area contributed by atoms with Gasteiger partial charge < -0.3 is 38.6 Å². The van der Waals surface area contributed by atoms with Gasteiger partial charge in [-0.05, 0) is 0 Å². The number of rotatable bonds is 8. The standard InChI is InChI=1S/C15H22O10/c1-4-6-21-14(18)24-11-9(8-16)23-13(20-3)10(17)12(11)25-15(19)22-7-5-2/h4-5,9-13,16-17H,1-2,6-8H2,3H3/t9-,10-,11-,12-,13+/m1/s1. The van der Waals surface area contributed by atoms with E-state index in [2.05, 4.69) is 22.6 Å². The fraction of sp³-hybridized carbons (Fsp3) is 0.600. The predicted octanol–water partition coefficient (Wildman–Crippen LogP) is 0.127. The van der Waals surface area contributed by atoms with Crippen molar-refractivity contribution in [3.05, 3.63) is 25.3 Å². The van der Waals surface area contributed by atoms with Crippen molar-refractivity contribution in [1.82, 2.24) is 0 Å². The van der Waals surface area contributed by atoms with Gasteiger partial charge in [0.05, 0.1) is 6.61 Å². The highest BCUT2D eigenvalue weighted by Crippen LogP contribution is 2.27. The fourth-order valence-corrected chi connectivity index (χ4v) is 2.06. The molecule has 0 amide bonds. The number of methoxy groups -OCH3 is 1. The lowest BCUT2D eigenvalue weighted by molar-refractivity contribution is -0.296. The molecule has 2 N–H and O–H groups in total. The van der Waals surface area contributed by atoms with E-state index < -0.39 is 49.6 Å². The van der Waals surface area contributed by atoms with Crippen LogP contribution in [0.25, 0.3) is 0 Å². The first kappa shape index (κ1) is 20.9. The highest BCUT2D eigenvalue weighted by Gasteiger charge is 2.50. The maximum absolute atomic E-state index is 11.7. The van der Waals surface area contributed by atoms with Crippen molar-refractivity contribution in [2.75, 3.05) is 26.9 Å². The van der Waals surface area contributed by atoms with Crippen LogP contribution in [0.2, 0.25) is 0 Å². The number of hydrogen-bond donors (Lipinski definition) is 2. The number of aliphatic hydroxyl groups excluding tert-OH is 2. The highest BCUT2D eigenvalue weighted by atomic mass is 16.8. The van der Waals surface area contributed by atoms with Gasteiger partial charge in [0.25, 0.3) is 0 Å². The van der Waals surface area contributed by atoms with Crippen LogP contribution >= 0.6 is 0 Å². The second-order valence-electron chi connectivity index (χ2n) is 4.82. The molecule has 0 aromatic rings. The SMILES string of the molecule is C=CCOC(=O)O[C@@H]1[C@@H](O)[C@@H](OC)O[C@H](CO)[C@H]1OC(=O)OCC=C. The molecule has 0 aromatic carbocycles. The minimum absolute atomic E-state index is 0.119. The summed E-state index contributed by atoms with van der Waals surface area (Å²) in [6.45, 7) is 5.91. The van der Waals surface area contributed by atoms with Crippen molar-refractivity contribution < 1.29 is 48.2 Å². The Labute approximate surface area is 144 Å². The number of aliphatic hydroxyl groups is 2. The third kappa shape index (κ3) is 6.02. The molecule has 1 aliphatic heterocycles. The number of carbonyl (C=O) groups excluding carboxylic acids is 2. The first-order chi connectivity index (χ1) is 12.0. The van der Waals surface area contributed by atoms with Gasteiger partial charge in [-0.25, -0.2) is 9.59 Å². The van der Waals surface area contributed by atoms with Crippen molar-refractivity contribution in [3.8, 4) is 0 Å². The Hall–Kier alpha value is -2.14. The van der Waals surface area contributed by atoms with Crippen LogP contribution in [0.15, 0.2) is 25.3 Å². The molecule has 0 saturated carbocycles. The van der Waals surface area contributed by atoms with Gasteiger partial charge >= 0.3 is 12.3 Å². The van der Waals surface area contributed by atoms with Crippen molar-refractivity contribution in [1.29, 1.82) is 0 Å². The maximum atomic E-state index is 11.7. The summed E-state index contributed by atoms with van der Waals surface area (Å²) in [5.74, 6) is 0. The zero-order valence-corrected chi connectivity index (χ0v) is 13.7.